The molecular weight excluding hydrogens is 247 g/mol. The van der Waals surface area contributed by atoms with Crippen LogP contribution in [-0.4, -0.2) is 23.8 Å². The Balaban J connectivity index is 3.20. The van der Waals surface area contributed by atoms with Crippen molar-refractivity contribution in [3.05, 3.63) is 16.4 Å². The van der Waals surface area contributed by atoms with Crippen molar-refractivity contribution < 1.29 is 0 Å². The molecule has 0 unspecified atom stereocenters. The lowest BCUT2D eigenvalue weighted by Crippen LogP contribution is -2.45. The van der Waals surface area contributed by atoms with Crippen molar-refractivity contribution >= 4 is 48.1 Å². The average Bonchev–Trinajstić information content (AvgIpc) is 2.09. The van der Waals surface area contributed by atoms with Gasteiger partial charge in [-0.15, -0.1) is 21.8 Å². The van der Waals surface area contributed by atoms with Crippen LogP contribution in [0.1, 0.15) is 0 Å². The molecule has 1 heterocycles. The third-order valence-corrected chi connectivity index (χ3v) is 6.92. The van der Waals surface area contributed by atoms with E-state index in [1.807, 2.05) is 0 Å². The van der Waals surface area contributed by atoms with Crippen LogP contribution >= 0.6 is 34.8 Å². The van der Waals surface area contributed by atoms with Gasteiger partial charge in [-0.1, -0.05) is 36.3 Å². The molecule has 0 radical (unpaired) electrons. The van der Waals surface area contributed by atoms with Gasteiger partial charge in [0.15, 0.2) is 10.3 Å². The Kier molecular flexibility index (Phi) is 3.57. The molecule has 0 fully saturated rings. The maximum atomic E-state index is 5.90. The number of nitrogens with zero attached hydrogens (tertiary/aromatic N) is 2. The van der Waals surface area contributed by atoms with Crippen LogP contribution in [0.25, 0.3) is 0 Å². The molecule has 1 aromatic heterocycles. The molecule has 0 spiro atoms. The summed E-state index contributed by atoms with van der Waals surface area (Å²) in [6, 6.07) is 1.76. The maximum absolute atomic E-state index is 5.90. The Bertz CT molecular complexity index is 317. The summed E-state index contributed by atoms with van der Waals surface area (Å²) in [5, 5.41) is 9.15. The van der Waals surface area contributed by atoms with Gasteiger partial charge in [0, 0.05) is 5.50 Å². The molecule has 6 heteroatoms. The van der Waals surface area contributed by atoms with Crippen LogP contribution in [0.15, 0.2) is 6.07 Å². The fraction of sp³-hybridized carbons (Fsp3) is 0.429. The van der Waals surface area contributed by atoms with Crippen LogP contribution in [0, 0.1) is 0 Å². The minimum Gasteiger partial charge on any atom is -0.137 e. The van der Waals surface area contributed by atoms with E-state index in [1.165, 1.54) is 0 Å². The first kappa shape index (κ1) is 11.2. The lowest BCUT2D eigenvalue weighted by atomic mass is 10.6. The summed E-state index contributed by atoms with van der Waals surface area (Å²) in [7, 11) is -1.68. The van der Waals surface area contributed by atoms with E-state index in [9.17, 15) is 0 Å². The lowest BCUT2D eigenvalue weighted by molar-refractivity contribution is 1.04. The molecule has 0 aliphatic heterocycles. The van der Waals surface area contributed by atoms with Crippen molar-refractivity contribution in [2.75, 3.05) is 5.50 Å². The topological polar surface area (TPSA) is 25.8 Å². The molecule has 0 N–H and O–H groups in total. The van der Waals surface area contributed by atoms with Crippen LogP contribution in [0.2, 0.25) is 23.4 Å². The number of hydrogen-bond donors (Lipinski definition) is 0. The third-order valence-electron chi connectivity index (χ3n) is 1.78. The highest BCUT2D eigenvalue weighted by Crippen LogP contribution is 2.13. The number of alkyl halides is 1. The summed E-state index contributed by atoms with van der Waals surface area (Å²) in [6.45, 7) is 4.22. The van der Waals surface area contributed by atoms with Crippen molar-refractivity contribution in [2.24, 2.45) is 0 Å². The van der Waals surface area contributed by atoms with Gasteiger partial charge in [-0.3, -0.25) is 0 Å². The predicted molar refractivity (Wildman–Crippen MR) is 59.9 cm³/mol. The molecule has 0 aromatic carbocycles. The van der Waals surface area contributed by atoms with E-state index in [-0.39, 0.29) is 0 Å². The molecule has 0 bridgehead atoms. The van der Waals surface area contributed by atoms with Crippen LogP contribution in [0.5, 0.6) is 0 Å². The molecule has 0 aliphatic rings. The van der Waals surface area contributed by atoms with Crippen molar-refractivity contribution in [1.82, 2.24) is 10.2 Å². The predicted octanol–water partition coefficient (Wildman–Crippen LogP) is 2.48. The van der Waals surface area contributed by atoms with Crippen LogP contribution in [0.4, 0.5) is 0 Å². The third kappa shape index (κ3) is 2.56. The molecule has 1 aromatic rings. The molecule has 13 heavy (non-hydrogen) atoms. The Hall–Kier alpha value is 0.167. The van der Waals surface area contributed by atoms with Crippen LogP contribution in [0.3, 0.4) is 0 Å². The summed E-state index contributed by atoms with van der Waals surface area (Å²) in [5.41, 5.74) is 0.592. The number of rotatable bonds is 2. The average molecular weight is 256 g/mol. The summed E-state index contributed by atoms with van der Waals surface area (Å²) in [4.78, 5) is 0. The van der Waals surface area contributed by atoms with E-state index in [0.717, 1.165) is 5.19 Å². The Morgan fingerprint density at radius 3 is 2.46 bits per heavy atom. The summed E-state index contributed by atoms with van der Waals surface area (Å²) in [5.74, 6) is 0. The second kappa shape index (κ2) is 4.13. The van der Waals surface area contributed by atoms with Gasteiger partial charge in [0.05, 0.1) is 0 Å². The van der Waals surface area contributed by atoms with E-state index >= 15 is 0 Å². The number of hydrogen-bond acceptors (Lipinski definition) is 2. The normalized spacial score (nSPS) is 11.8. The second-order valence-electron chi connectivity index (χ2n) is 3.39. The second-order valence-corrected chi connectivity index (χ2v) is 9.51. The Labute approximate surface area is 93.2 Å². The first-order valence-electron chi connectivity index (χ1n) is 3.72. The largest absolute Gasteiger partial charge is 0.151 e. The molecule has 0 atom stereocenters. The molecule has 0 saturated carbocycles. The zero-order valence-electron chi connectivity index (χ0n) is 7.31. The molecule has 0 saturated heterocycles. The smallest absolute Gasteiger partial charge is 0.137 e. The number of aromatic nitrogens is 2. The van der Waals surface area contributed by atoms with Gasteiger partial charge in [-0.2, -0.15) is 0 Å². The van der Waals surface area contributed by atoms with Crippen molar-refractivity contribution in [3.63, 3.8) is 0 Å². The van der Waals surface area contributed by atoms with Gasteiger partial charge in [0.2, 0.25) is 0 Å². The molecule has 0 aliphatic carbocycles. The highest BCUT2D eigenvalue weighted by Gasteiger charge is 2.26. The molecular formula is C7H9Cl3N2Si. The lowest BCUT2D eigenvalue weighted by Gasteiger charge is -2.19. The van der Waals surface area contributed by atoms with E-state index in [0.29, 0.717) is 15.8 Å². The Morgan fingerprint density at radius 2 is 1.92 bits per heavy atom. The van der Waals surface area contributed by atoms with Gasteiger partial charge < -0.3 is 0 Å². The minimum atomic E-state index is -1.68. The Morgan fingerprint density at radius 1 is 1.31 bits per heavy atom. The van der Waals surface area contributed by atoms with Crippen molar-refractivity contribution in [3.8, 4) is 0 Å². The van der Waals surface area contributed by atoms with Crippen molar-refractivity contribution in [1.29, 1.82) is 0 Å². The summed E-state index contributed by atoms with van der Waals surface area (Å²) in [6.07, 6.45) is 0. The molecule has 0 amide bonds. The van der Waals surface area contributed by atoms with Gasteiger partial charge in [0.25, 0.3) is 0 Å². The molecule has 1 rings (SSSR count). The van der Waals surface area contributed by atoms with Gasteiger partial charge >= 0.3 is 0 Å². The minimum absolute atomic E-state index is 0.366. The monoisotopic (exact) mass is 254 g/mol. The first-order valence-corrected chi connectivity index (χ1v) is 8.22. The van der Waals surface area contributed by atoms with Gasteiger partial charge in [0.1, 0.15) is 8.07 Å². The summed E-state index contributed by atoms with van der Waals surface area (Å²) < 4.78 is 0. The molecule has 72 valence electrons. The van der Waals surface area contributed by atoms with E-state index in [1.54, 1.807) is 6.07 Å². The van der Waals surface area contributed by atoms with Gasteiger partial charge in [-0.25, -0.2) is 0 Å². The zero-order valence-corrected chi connectivity index (χ0v) is 10.6. The quantitative estimate of drug-likeness (QED) is 0.599. The van der Waals surface area contributed by atoms with E-state index < -0.39 is 8.07 Å². The zero-order chi connectivity index (χ0) is 10.1. The van der Waals surface area contributed by atoms with Crippen LogP contribution < -0.4 is 5.19 Å². The number of halogens is 3. The summed E-state index contributed by atoms with van der Waals surface area (Å²) >= 11 is 17.5. The highest BCUT2D eigenvalue weighted by atomic mass is 35.5. The highest BCUT2D eigenvalue weighted by molar-refractivity contribution is 6.95. The van der Waals surface area contributed by atoms with Crippen LogP contribution in [-0.2, 0) is 0 Å². The van der Waals surface area contributed by atoms with E-state index in [2.05, 4.69) is 23.3 Å². The standard InChI is InChI=1S/C7H9Cl3N2Si/c1-13(2,4-8)5-3-6(9)11-12-7(5)10/h3H,4H2,1-2H3. The SMILES string of the molecule is C[Si](C)(CCl)c1cc(Cl)nnc1Cl. The molecule has 2 nitrogen and oxygen atoms in total. The fourth-order valence-corrected chi connectivity index (χ4v) is 3.71. The van der Waals surface area contributed by atoms with Gasteiger partial charge in [-0.05, 0) is 11.3 Å². The van der Waals surface area contributed by atoms with E-state index in [4.69, 9.17) is 34.8 Å². The maximum Gasteiger partial charge on any atom is 0.151 e. The van der Waals surface area contributed by atoms with Crippen molar-refractivity contribution in [2.45, 2.75) is 13.1 Å². The fourth-order valence-electron chi connectivity index (χ4n) is 0.900. The first-order chi connectivity index (χ1) is 5.97.